The minimum Gasteiger partial charge on any atom is -0.465 e. The molecule has 0 atom stereocenters. The van der Waals surface area contributed by atoms with Crippen LogP contribution in [-0.4, -0.2) is 30.6 Å². The lowest BCUT2D eigenvalue weighted by atomic mass is 10.1. The van der Waals surface area contributed by atoms with Crippen LogP contribution in [0.2, 0.25) is 5.02 Å². The molecule has 0 saturated heterocycles. The molecule has 0 aliphatic heterocycles. The van der Waals surface area contributed by atoms with Crippen LogP contribution in [0.4, 0.5) is 11.4 Å². The number of hydrogen-bond donors (Lipinski definition) is 2. The van der Waals surface area contributed by atoms with Crippen LogP contribution in [0.15, 0.2) is 12.1 Å². The van der Waals surface area contributed by atoms with Crippen molar-refractivity contribution < 1.29 is 9.53 Å². The van der Waals surface area contributed by atoms with Crippen LogP contribution in [0, 0.1) is 0 Å². The van der Waals surface area contributed by atoms with Crippen molar-refractivity contribution in [2.24, 2.45) is 0 Å². The highest BCUT2D eigenvalue weighted by Gasteiger charge is 2.33. The Hall–Kier alpha value is -1.07. The van der Waals surface area contributed by atoms with Crippen molar-refractivity contribution in [3.8, 4) is 0 Å². The maximum Gasteiger partial charge on any atom is 0.340 e. The van der Waals surface area contributed by atoms with Gasteiger partial charge in [0.1, 0.15) is 0 Å². The van der Waals surface area contributed by atoms with Crippen molar-refractivity contribution in [3.63, 3.8) is 0 Å². The normalized spacial score (nSPS) is 16.7. The molecular weight excluding hydrogens is 308 g/mol. The molecule has 4 nitrogen and oxygen atoms in total. The summed E-state index contributed by atoms with van der Waals surface area (Å²) in [6.45, 7) is 0.780. The number of ether oxygens (including phenoxy) is 1. The Morgan fingerprint density at radius 1 is 1.48 bits per heavy atom. The first kappa shape index (κ1) is 16.3. The number of nitrogen functional groups attached to an aromatic ring is 1. The average molecular weight is 329 g/mol. The number of thioether (sulfide) groups is 1. The fraction of sp³-hybridized carbons (Fsp3) is 0.533. The highest BCUT2D eigenvalue weighted by molar-refractivity contribution is 8.00. The Kier molecular flexibility index (Phi) is 5.27. The number of benzene rings is 1. The first-order valence-electron chi connectivity index (χ1n) is 6.98. The monoisotopic (exact) mass is 328 g/mol. The van der Waals surface area contributed by atoms with Crippen molar-refractivity contribution in [1.82, 2.24) is 0 Å². The fourth-order valence-corrected chi connectivity index (χ4v) is 4.01. The van der Waals surface area contributed by atoms with E-state index < -0.39 is 5.97 Å². The van der Waals surface area contributed by atoms with Gasteiger partial charge in [0.25, 0.3) is 0 Å². The number of nitrogens with two attached hydrogens (primary N) is 1. The molecule has 2 rings (SSSR count). The Bertz CT molecular complexity index is 531. The van der Waals surface area contributed by atoms with Crippen LogP contribution >= 0.6 is 23.4 Å². The number of methoxy groups -OCH3 is 1. The summed E-state index contributed by atoms with van der Waals surface area (Å²) in [7, 11) is 1.35. The molecule has 1 saturated carbocycles. The molecule has 1 aromatic rings. The zero-order chi connectivity index (χ0) is 15.5. The minimum absolute atomic E-state index is 0.220. The SMILES string of the molecule is COC(=O)c1cc(N)cc(Cl)c1NCC1(SC)CCCC1. The van der Waals surface area contributed by atoms with Crippen LogP contribution in [0.25, 0.3) is 0 Å². The summed E-state index contributed by atoms with van der Waals surface area (Å²) in [6, 6.07) is 3.25. The smallest absolute Gasteiger partial charge is 0.340 e. The topological polar surface area (TPSA) is 64.3 Å². The van der Waals surface area contributed by atoms with Gasteiger partial charge in [-0.25, -0.2) is 4.79 Å². The molecule has 116 valence electrons. The van der Waals surface area contributed by atoms with Gasteiger partial charge in [-0.2, -0.15) is 11.8 Å². The lowest BCUT2D eigenvalue weighted by Crippen LogP contribution is -2.30. The van der Waals surface area contributed by atoms with Gasteiger partial charge in [0.05, 0.1) is 23.4 Å². The van der Waals surface area contributed by atoms with Gasteiger partial charge in [-0.3, -0.25) is 0 Å². The van der Waals surface area contributed by atoms with E-state index in [9.17, 15) is 4.79 Å². The van der Waals surface area contributed by atoms with Gasteiger partial charge in [0.2, 0.25) is 0 Å². The summed E-state index contributed by atoms with van der Waals surface area (Å²) >= 11 is 8.13. The molecule has 1 fully saturated rings. The number of nitrogens with one attached hydrogen (secondary N) is 1. The Balaban J connectivity index is 2.24. The van der Waals surface area contributed by atoms with E-state index in [4.69, 9.17) is 22.1 Å². The third-order valence-electron chi connectivity index (χ3n) is 4.05. The Morgan fingerprint density at radius 3 is 2.71 bits per heavy atom. The fourth-order valence-electron chi connectivity index (χ4n) is 2.80. The molecule has 1 aliphatic carbocycles. The van der Waals surface area contributed by atoms with Crippen LogP contribution in [0.1, 0.15) is 36.0 Å². The quantitative estimate of drug-likeness (QED) is 0.636. The predicted molar refractivity (Wildman–Crippen MR) is 90.4 cm³/mol. The largest absolute Gasteiger partial charge is 0.465 e. The van der Waals surface area contributed by atoms with Gasteiger partial charge >= 0.3 is 5.97 Å². The third-order valence-corrected chi connectivity index (χ3v) is 5.77. The maximum absolute atomic E-state index is 11.9. The van der Waals surface area contributed by atoms with E-state index in [1.54, 1.807) is 12.1 Å². The van der Waals surface area contributed by atoms with Crippen LogP contribution in [-0.2, 0) is 4.74 Å². The first-order chi connectivity index (χ1) is 10.0. The number of carbonyl (C=O) groups is 1. The van der Waals surface area contributed by atoms with Gasteiger partial charge in [0, 0.05) is 17.0 Å². The molecule has 0 spiro atoms. The zero-order valence-electron chi connectivity index (χ0n) is 12.4. The van der Waals surface area contributed by atoms with Gasteiger partial charge in [-0.15, -0.1) is 0 Å². The van der Waals surface area contributed by atoms with Crippen LogP contribution < -0.4 is 11.1 Å². The van der Waals surface area contributed by atoms with E-state index >= 15 is 0 Å². The summed E-state index contributed by atoms with van der Waals surface area (Å²) in [5, 5.41) is 3.80. The molecule has 0 radical (unpaired) electrons. The highest BCUT2D eigenvalue weighted by atomic mass is 35.5. The van der Waals surface area contributed by atoms with Crippen molar-refractivity contribution in [3.05, 3.63) is 22.7 Å². The average Bonchev–Trinajstić information content (AvgIpc) is 2.94. The molecule has 0 aromatic heterocycles. The first-order valence-corrected chi connectivity index (χ1v) is 8.58. The maximum atomic E-state index is 11.9. The second-order valence-electron chi connectivity index (χ2n) is 5.36. The second kappa shape index (κ2) is 6.79. The lowest BCUT2D eigenvalue weighted by Gasteiger charge is -2.28. The molecular formula is C15H21ClN2O2S. The number of halogens is 1. The van der Waals surface area contributed by atoms with E-state index in [-0.39, 0.29) is 4.75 Å². The van der Waals surface area contributed by atoms with Crippen molar-refractivity contribution in [2.45, 2.75) is 30.4 Å². The molecule has 6 heteroatoms. The minimum atomic E-state index is -0.434. The standard InChI is InChI=1S/C15H21ClN2O2S/c1-20-14(19)11-7-10(17)8-12(16)13(11)18-9-15(21-2)5-3-4-6-15/h7-8,18H,3-6,9,17H2,1-2H3. The molecule has 0 bridgehead atoms. The van der Waals surface area contributed by atoms with E-state index in [2.05, 4.69) is 11.6 Å². The predicted octanol–water partition coefficient (Wildman–Crippen LogP) is 3.80. The van der Waals surface area contributed by atoms with Gasteiger partial charge in [-0.05, 0) is 31.2 Å². The molecule has 0 unspecified atom stereocenters. The van der Waals surface area contributed by atoms with E-state index in [0.717, 1.165) is 6.54 Å². The van der Waals surface area contributed by atoms with Gasteiger partial charge < -0.3 is 15.8 Å². The Labute approximate surface area is 134 Å². The van der Waals surface area contributed by atoms with Gasteiger partial charge in [-0.1, -0.05) is 24.4 Å². The molecule has 1 aromatic carbocycles. The van der Waals surface area contributed by atoms with E-state index in [0.29, 0.717) is 22.0 Å². The Morgan fingerprint density at radius 2 is 2.14 bits per heavy atom. The lowest BCUT2D eigenvalue weighted by molar-refractivity contribution is 0.0602. The number of rotatable bonds is 5. The van der Waals surface area contributed by atoms with Crippen molar-refractivity contribution in [2.75, 3.05) is 31.0 Å². The second-order valence-corrected chi connectivity index (χ2v) is 7.05. The van der Waals surface area contributed by atoms with Gasteiger partial charge in [0.15, 0.2) is 0 Å². The molecule has 21 heavy (non-hydrogen) atoms. The van der Waals surface area contributed by atoms with Crippen molar-refractivity contribution >= 4 is 40.7 Å². The molecule has 0 amide bonds. The van der Waals surface area contributed by atoms with Crippen LogP contribution in [0.5, 0.6) is 0 Å². The number of anilines is 2. The number of esters is 1. The summed E-state index contributed by atoms with van der Waals surface area (Å²) < 4.78 is 5.03. The third kappa shape index (κ3) is 3.58. The molecule has 0 heterocycles. The highest BCUT2D eigenvalue weighted by Crippen LogP contribution is 2.41. The van der Waals surface area contributed by atoms with E-state index in [1.165, 1.54) is 32.8 Å². The summed E-state index contributed by atoms with van der Waals surface area (Å²) in [4.78, 5) is 11.9. The number of carbonyl (C=O) groups excluding carboxylic acids is 1. The summed E-state index contributed by atoms with van der Waals surface area (Å²) in [6.07, 6.45) is 7.01. The summed E-state index contributed by atoms with van der Waals surface area (Å²) in [5.74, 6) is -0.434. The molecule has 3 N–H and O–H groups in total. The van der Waals surface area contributed by atoms with E-state index in [1.807, 2.05) is 11.8 Å². The molecule has 1 aliphatic rings. The number of hydrogen-bond acceptors (Lipinski definition) is 5. The van der Waals surface area contributed by atoms with Crippen molar-refractivity contribution in [1.29, 1.82) is 0 Å². The zero-order valence-corrected chi connectivity index (χ0v) is 13.9. The summed E-state index contributed by atoms with van der Waals surface area (Å²) in [5.41, 5.74) is 7.21. The van der Waals surface area contributed by atoms with Crippen LogP contribution in [0.3, 0.4) is 0 Å².